The molecule has 0 saturated carbocycles. The van der Waals surface area contributed by atoms with Crippen molar-refractivity contribution in [3.63, 3.8) is 0 Å². The van der Waals surface area contributed by atoms with Crippen LogP contribution in [-0.4, -0.2) is 18.2 Å². The van der Waals surface area contributed by atoms with Crippen LogP contribution in [0.5, 0.6) is 0 Å². The number of anilines is 1. The van der Waals surface area contributed by atoms with Crippen LogP contribution in [0.3, 0.4) is 0 Å². The van der Waals surface area contributed by atoms with Crippen molar-refractivity contribution in [2.75, 3.05) is 18.0 Å². The van der Waals surface area contributed by atoms with Gasteiger partial charge in [-0.25, -0.2) is 8.78 Å². The van der Waals surface area contributed by atoms with Gasteiger partial charge in [0.15, 0.2) is 0 Å². The summed E-state index contributed by atoms with van der Waals surface area (Å²) in [6.07, 6.45) is 4.18. The van der Waals surface area contributed by atoms with Gasteiger partial charge >= 0.3 is 0 Å². The largest absolute Gasteiger partial charge is 0.392 e. The third kappa shape index (κ3) is 2.80. The van der Waals surface area contributed by atoms with E-state index in [1.165, 1.54) is 12.1 Å². The highest BCUT2D eigenvalue weighted by Gasteiger charge is 2.32. The average Bonchev–Trinajstić information content (AvgIpc) is 2.47. The zero-order valence-electron chi connectivity index (χ0n) is 12.3. The molecular formula is C16H23F2NO. The van der Waals surface area contributed by atoms with Crippen molar-refractivity contribution in [2.24, 2.45) is 5.41 Å². The Hall–Kier alpha value is -1.16. The number of halogens is 2. The van der Waals surface area contributed by atoms with Crippen molar-refractivity contribution in [3.05, 3.63) is 29.3 Å². The molecule has 0 unspecified atom stereocenters. The first-order valence-electron chi connectivity index (χ1n) is 7.39. The van der Waals surface area contributed by atoms with E-state index in [4.69, 9.17) is 5.11 Å². The minimum atomic E-state index is -0.574. The van der Waals surface area contributed by atoms with Crippen LogP contribution in [0.15, 0.2) is 12.1 Å². The fourth-order valence-electron chi connectivity index (χ4n) is 3.17. The molecule has 0 atom stereocenters. The van der Waals surface area contributed by atoms with Gasteiger partial charge in [-0.3, -0.25) is 0 Å². The fraction of sp³-hybridized carbons (Fsp3) is 0.625. The second kappa shape index (κ2) is 6.08. The molecule has 0 aromatic heterocycles. The summed E-state index contributed by atoms with van der Waals surface area (Å²) in [4.78, 5) is 1.80. The second-order valence-corrected chi connectivity index (χ2v) is 5.76. The highest BCUT2D eigenvalue weighted by atomic mass is 19.1. The molecule has 0 amide bonds. The Bertz CT molecular complexity index is 439. The van der Waals surface area contributed by atoms with E-state index in [1.54, 1.807) is 4.90 Å². The molecule has 1 aliphatic rings. The van der Waals surface area contributed by atoms with E-state index in [2.05, 4.69) is 13.8 Å². The molecule has 1 saturated heterocycles. The molecule has 1 aliphatic heterocycles. The predicted molar refractivity (Wildman–Crippen MR) is 76.7 cm³/mol. The molecule has 2 nitrogen and oxygen atoms in total. The monoisotopic (exact) mass is 283 g/mol. The predicted octanol–water partition coefficient (Wildman–Crippen LogP) is 3.86. The molecule has 20 heavy (non-hydrogen) atoms. The normalized spacial score (nSPS) is 18.4. The summed E-state index contributed by atoms with van der Waals surface area (Å²) in [5, 5.41) is 8.97. The number of hydrogen-bond donors (Lipinski definition) is 1. The van der Waals surface area contributed by atoms with Gasteiger partial charge in [-0.05, 0) is 36.0 Å². The van der Waals surface area contributed by atoms with Gasteiger partial charge in [-0.15, -0.1) is 0 Å². The fourth-order valence-corrected chi connectivity index (χ4v) is 3.17. The molecule has 1 heterocycles. The maximum Gasteiger partial charge on any atom is 0.149 e. The number of piperidine rings is 1. The third-order valence-electron chi connectivity index (χ3n) is 4.90. The first kappa shape index (κ1) is 15.2. The summed E-state index contributed by atoms with van der Waals surface area (Å²) < 4.78 is 28.1. The highest BCUT2D eigenvalue weighted by molar-refractivity contribution is 5.51. The Balaban J connectivity index is 2.19. The number of aliphatic hydroxyl groups excluding tert-OH is 1. The molecule has 0 bridgehead atoms. The lowest BCUT2D eigenvalue weighted by molar-refractivity contribution is 0.198. The Kier molecular flexibility index (Phi) is 4.63. The van der Waals surface area contributed by atoms with E-state index < -0.39 is 11.6 Å². The molecule has 112 valence electrons. The summed E-state index contributed by atoms with van der Waals surface area (Å²) in [7, 11) is 0. The third-order valence-corrected chi connectivity index (χ3v) is 4.90. The molecule has 1 fully saturated rings. The van der Waals surface area contributed by atoms with Crippen LogP contribution in [0.2, 0.25) is 0 Å². The topological polar surface area (TPSA) is 23.5 Å². The van der Waals surface area contributed by atoms with Crippen LogP contribution in [-0.2, 0) is 6.61 Å². The van der Waals surface area contributed by atoms with Crippen LogP contribution in [0.4, 0.5) is 14.5 Å². The van der Waals surface area contributed by atoms with Crippen LogP contribution in [0, 0.1) is 17.0 Å². The minimum absolute atomic E-state index is 0.0583. The lowest BCUT2D eigenvalue weighted by atomic mass is 9.74. The summed E-state index contributed by atoms with van der Waals surface area (Å²) in [6, 6.07) is 2.44. The van der Waals surface area contributed by atoms with Crippen LogP contribution in [0.1, 0.15) is 45.1 Å². The number of nitrogens with zero attached hydrogens (tertiary/aromatic N) is 1. The summed E-state index contributed by atoms with van der Waals surface area (Å²) in [5.74, 6) is -1.15. The van der Waals surface area contributed by atoms with E-state index >= 15 is 0 Å². The van der Waals surface area contributed by atoms with Crippen LogP contribution < -0.4 is 4.90 Å². The standard InChI is InChI=1S/C16H23F2NO/c1-3-16(4-2)5-7-19(8-6-16)15-13(17)9-12(11-20)10-14(15)18/h9-10,20H,3-8,11H2,1-2H3. The number of hydrogen-bond acceptors (Lipinski definition) is 2. The number of benzene rings is 1. The van der Waals surface area contributed by atoms with Crippen molar-refractivity contribution in [1.82, 2.24) is 0 Å². The first-order chi connectivity index (χ1) is 9.55. The van der Waals surface area contributed by atoms with Crippen LogP contribution in [0.25, 0.3) is 0 Å². The maximum atomic E-state index is 14.0. The highest BCUT2D eigenvalue weighted by Crippen LogP contribution is 2.40. The van der Waals surface area contributed by atoms with Gasteiger partial charge in [0.05, 0.1) is 6.61 Å². The van der Waals surface area contributed by atoms with E-state index in [-0.39, 0.29) is 17.9 Å². The minimum Gasteiger partial charge on any atom is -0.392 e. The van der Waals surface area contributed by atoms with Gasteiger partial charge in [0.2, 0.25) is 0 Å². The SMILES string of the molecule is CCC1(CC)CCN(c2c(F)cc(CO)cc2F)CC1. The van der Waals surface area contributed by atoms with Gasteiger partial charge in [0, 0.05) is 13.1 Å². The van der Waals surface area contributed by atoms with Gasteiger partial charge in [0.25, 0.3) is 0 Å². The smallest absolute Gasteiger partial charge is 0.149 e. The number of rotatable bonds is 4. The van der Waals surface area contributed by atoms with E-state index in [9.17, 15) is 8.78 Å². The lowest BCUT2D eigenvalue weighted by Gasteiger charge is -2.42. The molecule has 1 N–H and O–H groups in total. The van der Waals surface area contributed by atoms with Crippen molar-refractivity contribution < 1.29 is 13.9 Å². The van der Waals surface area contributed by atoms with E-state index in [0.717, 1.165) is 25.7 Å². The van der Waals surface area contributed by atoms with Crippen molar-refractivity contribution in [2.45, 2.75) is 46.1 Å². The van der Waals surface area contributed by atoms with Crippen molar-refractivity contribution >= 4 is 5.69 Å². The molecule has 0 aliphatic carbocycles. The first-order valence-corrected chi connectivity index (χ1v) is 7.39. The number of aliphatic hydroxyl groups is 1. The zero-order valence-corrected chi connectivity index (χ0v) is 12.3. The molecule has 0 radical (unpaired) electrons. The Labute approximate surface area is 119 Å². The molecule has 4 heteroatoms. The molecule has 1 aromatic carbocycles. The van der Waals surface area contributed by atoms with E-state index in [0.29, 0.717) is 18.5 Å². The Morgan fingerprint density at radius 3 is 2.00 bits per heavy atom. The Morgan fingerprint density at radius 2 is 1.60 bits per heavy atom. The lowest BCUT2D eigenvalue weighted by Crippen LogP contribution is -2.40. The van der Waals surface area contributed by atoms with E-state index in [1.807, 2.05) is 0 Å². The average molecular weight is 283 g/mol. The maximum absolute atomic E-state index is 14.0. The summed E-state index contributed by atoms with van der Waals surface area (Å²) in [6.45, 7) is 5.41. The second-order valence-electron chi connectivity index (χ2n) is 5.76. The van der Waals surface area contributed by atoms with Crippen molar-refractivity contribution in [1.29, 1.82) is 0 Å². The molecule has 1 aromatic rings. The summed E-state index contributed by atoms with van der Waals surface area (Å²) in [5.41, 5.74) is 0.661. The van der Waals surface area contributed by atoms with Gasteiger partial charge < -0.3 is 10.0 Å². The molecule has 2 rings (SSSR count). The molecular weight excluding hydrogens is 260 g/mol. The van der Waals surface area contributed by atoms with Crippen LogP contribution >= 0.6 is 0 Å². The quantitative estimate of drug-likeness (QED) is 0.907. The van der Waals surface area contributed by atoms with Gasteiger partial charge in [-0.1, -0.05) is 26.7 Å². The molecule has 0 spiro atoms. The van der Waals surface area contributed by atoms with Gasteiger partial charge in [0.1, 0.15) is 17.3 Å². The summed E-state index contributed by atoms with van der Waals surface area (Å²) >= 11 is 0. The Morgan fingerprint density at radius 1 is 1.10 bits per heavy atom. The van der Waals surface area contributed by atoms with Gasteiger partial charge in [-0.2, -0.15) is 0 Å². The van der Waals surface area contributed by atoms with Crippen molar-refractivity contribution in [3.8, 4) is 0 Å². The zero-order chi connectivity index (χ0) is 14.8.